The summed E-state index contributed by atoms with van der Waals surface area (Å²) in [4.78, 5) is 5.15. The Labute approximate surface area is 74.0 Å². The van der Waals surface area contributed by atoms with Gasteiger partial charge in [-0.2, -0.15) is 0 Å². The normalized spacial score (nSPS) is 25.4. The van der Waals surface area contributed by atoms with E-state index >= 15 is 0 Å². The fourth-order valence-electron chi connectivity index (χ4n) is 1.23. The first-order valence-electron chi connectivity index (χ1n) is 4.57. The van der Waals surface area contributed by atoms with Gasteiger partial charge < -0.3 is 10.6 Å². The second-order valence-electron chi connectivity index (χ2n) is 3.78. The molecule has 2 N–H and O–H groups in total. The smallest absolute Gasteiger partial charge is 0.145 e. The molecule has 3 heteroatoms. The molecule has 70 valence electrons. The predicted molar refractivity (Wildman–Crippen MR) is 50.0 cm³/mol. The van der Waals surface area contributed by atoms with Gasteiger partial charge in [-0.1, -0.05) is 25.9 Å². The van der Waals surface area contributed by atoms with Gasteiger partial charge in [0.1, 0.15) is 6.10 Å². The molecule has 3 nitrogen and oxygen atoms in total. The zero-order chi connectivity index (χ0) is 9.14. The summed E-state index contributed by atoms with van der Waals surface area (Å²) in [6.07, 6.45) is 1.04. The van der Waals surface area contributed by atoms with Crippen LogP contribution in [0.4, 0.5) is 0 Å². The van der Waals surface area contributed by atoms with Gasteiger partial charge >= 0.3 is 0 Å². The molecule has 0 amide bonds. The molecule has 2 unspecified atom stereocenters. The van der Waals surface area contributed by atoms with Gasteiger partial charge in [0, 0.05) is 18.9 Å². The number of hydrogen-bond acceptors (Lipinski definition) is 3. The number of oxime groups is 1. The lowest BCUT2D eigenvalue weighted by Gasteiger charge is -2.13. The Morgan fingerprint density at radius 3 is 2.67 bits per heavy atom. The van der Waals surface area contributed by atoms with Crippen LogP contribution in [0.2, 0.25) is 0 Å². The maximum absolute atomic E-state index is 5.47. The van der Waals surface area contributed by atoms with Crippen molar-refractivity contribution in [3.63, 3.8) is 0 Å². The fraction of sp³-hybridized carbons (Fsp3) is 0.889. The summed E-state index contributed by atoms with van der Waals surface area (Å²) in [6, 6.07) is 0. The molecule has 2 atom stereocenters. The first kappa shape index (κ1) is 9.52. The van der Waals surface area contributed by atoms with E-state index < -0.39 is 0 Å². The highest BCUT2D eigenvalue weighted by Gasteiger charge is 2.24. The quantitative estimate of drug-likeness (QED) is 0.695. The van der Waals surface area contributed by atoms with E-state index in [1.807, 2.05) is 0 Å². The molecule has 1 rings (SSSR count). The minimum absolute atomic E-state index is 0.126. The second kappa shape index (κ2) is 3.90. The molecule has 12 heavy (non-hydrogen) atoms. The van der Waals surface area contributed by atoms with E-state index in [1.165, 1.54) is 5.71 Å². The number of nitrogens with two attached hydrogens (primary N) is 1. The summed E-state index contributed by atoms with van der Waals surface area (Å²) >= 11 is 0. The molecule has 0 aromatic carbocycles. The van der Waals surface area contributed by atoms with Crippen LogP contribution in [0, 0.1) is 11.8 Å². The SMILES string of the molecule is CC(C)C(C)C1=NOC(CN)C1. The molecular formula is C9H18N2O. The topological polar surface area (TPSA) is 47.6 Å². The molecule has 0 aromatic heterocycles. The third-order valence-electron chi connectivity index (χ3n) is 2.54. The Kier molecular flexibility index (Phi) is 3.09. The van der Waals surface area contributed by atoms with Gasteiger partial charge in [-0.25, -0.2) is 0 Å². The van der Waals surface area contributed by atoms with Crippen molar-refractivity contribution in [2.75, 3.05) is 6.54 Å². The van der Waals surface area contributed by atoms with E-state index in [0.717, 1.165) is 6.42 Å². The molecule has 0 aromatic rings. The fourth-order valence-corrected chi connectivity index (χ4v) is 1.23. The van der Waals surface area contributed by atoms with E-state index in [2.05, 4.69) is 25.9 Å². The monoisotopic (exact) mass is 170 g/mol. The Morgan fingerprint density at radius 1 is 1.58 bits per heavy atom. The summed E-state index contributed by atoms with van der Waals surface area (Å²) in [5.41, 5.74) is 6.64. The Balaban J connectivity index is 2.45. The van der Waals surface area contributed by atoms with Gasteiger partial charge in [0.25, 0.3) is 0 Å². The zero-order valence-electron chi connectivity index (χ0n) is 8.08. The van der Waals surface area contributed by atoms with Gasteiger partial charge in [-0.15, -0.1) is 0 Å². The predicted octanol–water partition coefficient (Wildman–Crippen LogP) is 1.38. The summed E-state index contributed by atoms with van der Waals surface area (Å²) in [7, 11) is 0. The highest BCUT2D eigenvalue weighted by molar-refractivity contribution is 5.87. The van der Waals surface area contributed by atoms with Gasteiger partial charge in [0.2, 0.25) is 0 Å². The van der Waals surface area contributed by atoms with Crippen molar-refractivity contribution in [3.8, 4) is 0 Å². The lowest BCUT2D eigenvalue weighted by Crippen LogP contribution is -2.22. The highest BCUT2D eigenvalue weighted by Crippen LogP contribution is 2.20. The highest BCUT2D eigenvalue weighted by atomic mass is 16.6. The van der Waals surface area contributed by atoms with Crippen molar-refractivity contribution >= 4 is 5.71 Å². The molecule has 1 aliphatic heterocycles. The number of hydrogen-bond donors (Lipinski definition) is 1. The van der Waals surface area contributed by atoms with Gasteiger partial charge in [0.05, 0.1) is 5.71 Å². The standard InChI is InChI=1S/C9H18N2O/c1-6(2)7(3)9-4-8(5-10)12-11-9/h6-8H,4-5,10H2,1-3H3. The van der Waals surface area contributed by atoms with Gasteiger partial charge in [0.15, 0.2) is 0 Å². The zero-order valence-corrected chi connectivity index (χ0v) is 8.08. The van der Waals surface area contributed by atoms with E-state index in [4.69, 9.17) is 10.6 Å². The van der Waals surface area contributed by atoms with Crippen molar-refractivity contribution in [2.24, 2.45) is 22.7 Å². The first-order valence-corrected chi connectivity index (χ1v) is 4.57. The van der Waals surface area contributed by atoms with Crippen LogP contribution in [0.5, 0.6) is 0 Å². The second-order valence-corrected chi connectivity index (χ2v) is 3.78. The Morgan fingerprint density at radius 2 is 2.25 bits per heavy atom. The molecule has 0 fully saturated rings. The van der Waals surface area contributed by atoms with Crippen molar-refractivity contribution in [2.45, 2.75) is 33.3 Å². The van der Waals surface area contributed by atoms with Gasteiger partial charge in [-0.05, 0) is 5.92 Å². The van der Waals surface area contributed by atoms with Crippen LogP contribution in [0.1, 0.15) is 27.2 Å². The minimum atomic E-state index is 0.126. The van der Waals surface area contributed by atoms with E-state index in [-0.39, 0.29) is 6.10 Å². The van der Waals surface area contributed by atoms with Crippen LogP contribution in [-0.4, -0.2) is 18.4 Å². The van der Waals surface area contributed by atoms with Crippen LogP contribution >= 0.6 is 0 Å². The van der Waals surface area contributed by atoms with Crippen LogP contribution < -0.4 is 5.73 Å². The van der Waals surface area contributed by atoms with Crippen LogP contribution in [0.3, 0.4) is 0 Å². The lowest BCUT2D eigenvalue weighted by atomic mass is 9.90. The lowest BCUT2D eigenvalue weighted by molar-refractivity contribution is 0.0917. The van der Waals surface area contributed by atoms with Crippen molar-refractivity contribution in [1.29, 1.82) is 0 Å². The summed E-state index contributed by atoms with van der Waals surface area (Å²) in [5.74, 6) is 1.14. The van der Waals surface area contributed by atoms with Crippen LogP contribution in [0.25, 0.3) is 0 Å². The molecule has 0 bridgehead atoms. The van der Waals surface area contributed by atoms with Gasteiger partial charge in [-0.3, -0.25) is 0 Å². The maximum atomic E-state index is 5.47. The van der Waals surface area contributed by atoms with Crippen molar-refractivity contribution in [3.05, 3.63) is 0 Å². The Bertz CT molecular complexity index is 177. The molecule has 0 radical (unpaired) electrons. The average Bonchev–Trinajstić information content (AvgIpc) is 2.50. The first-order chi connectivity index (χ1) is 5.65. The molecule has 0 spiro atoms. The molecular weight excluding hydrogens is 152 g/mol. The average molecular weight is 170 g/mol. The molecule has 0 aliphatic carbocycles. The number of rotatable bonds is 3. The summed E-state index contributed by atoms with van der Waals surface area (Å²) < 4.78 is 0. The summed E-state index contributed by atoms with van der Waals surface area (Å²) in [5, 5.41) is 4.05. The van der Waals surface area contributed by atoms with Crippen LogP contribution in [0.15, 0.2) is 5.16 Å². The van der Waals surface area contributed by atoms with E-state index in [1.54, 1.807) is 0 Å². The number of nitrogens with zero attached hydrogens (tertiary/aromatic N) is 1. The third-order valence-corrected chi connectivity index (χ3v) is 2.54. The molecule has 1 heterocycles. The molecule has 0 saturated carbocycles. The maximum Gasteiger partial charge on any atom is 0.145 e. The largest absolute Gasteiger partial charge is 0.391 e. The van der Waals surface area contributed by atoms with E-state index in [0.29, 0.717) is 18.4 Å². The van der Waals surface area contributed by atoms with Crippen molar-refractivity contribution in [1.82, 2.24) is 0 Å². The summed E-state index contributed by atoms with van der Waals surface area (Å²) in [6.45, 7) is 7.15. The third kappa shape index (κ3) is 1.97. The van der Waals surface area contributed by atoms with E-state index in [9.17, 15) is 0 Å². The van der Waals surface area contributed by atoms with Crippen molar-refractivity contribution < 1.29 is 4.84 Å². The molecule has 0 saturated heterocycles. The molecule has 1 aliphatic rings. The van der Waals surface area contributed by atoms with Crippen LogP contribution in [-0.2, 0) is 4.84 Å². The minimum Gasteiger partial charge on any atom is -0.391 e. The Hall–Kier alpha value is -0.570.